The lowest BCUT2D eigenvalue weighted by Gasteiger charge is -2.22. The van der Waals surface area contributed by atoms with Crippen molar-refractivity contribution in [2.45, 2.75) is 38.1 Å². The van der Waals surface area contributed by atoms with Gasteiger partial charge in [0, 0.05) is 12.5 Å². The van der Waals surface area contributed by atoms with Crippen molar-refractivity contribution in [1.29, 1.82) is 0 Å². The van der Waals surface area contributed by atoms with Crippen LogP contribution >= 0.6 is 0 Å². The Labute approximate surface area is 117 Å². The zero-order chi connectivity index (χ0) is 13.8. The van der Waals surface area contributed by atoms with E-state index in [-0.39, 0.29) is 5.82 Å². The second-order valence-corrected chi connectivity index (χ2v) is 5.18. The third-order valence-corrected chi connectivity index (χ3v) is 3.70. The van der Waals surface area contributed by atoms with Crippen LogP contribution in [-0.4, -0.2) is 22.7 Å². The Hall–Kier alpha value is -1.75. The molecule has 1 aliphatic heterocycles. The first-order valence-electron chi connectivity index (χ1n) is 7.14. The second-order valence-electron chi connectivity index (χ2n) is 5.18. The lowest BCUT2D eigenvalue weighted by Crippen LogP contribution is -2.34. The summed E-state index contributed by atoms with van der Waals surface area (Å²) in [5.41, 5.74) is 0.387. The first kappa shape index (κ1) is 13.2. The zero-order valence-corrected chi connectivity index (χ0v) is 11.3. The molecule has 2 aromatic rings. The summed E-state index contributed by atoms with van der Waals surface area (Å²) in [5.74, 6) is 0.583. The lowest BCUT2D eigenvalue weighted by atomic mass is 10.0. The minimum atomic E-state index is -0.325. The number of nitrogens with zero attached hydrogens (tertiary/aromatic N) is 2. The Kier molecular flexibility index (Phi) is 4.06. The highest BCUT2D eigenvalue weighted by Gasteiger charge is 2.16. The fourth-order valence-corrected chi connectivity index (χ4v) is 2.58. The van der Waals surface area contributed by atoms with E-state index in [9.17, 15) is 4.39 Å². The summed E-state index contributed by atoms with van der Waals surface area (Å²) in [6, 6.07) is 7.01. The molecular formula is C15H18FN3O. The molecule has 1 fully saturated rings. The highest BCUT2D eigenvalue weighted by molar-refractivity contribution is 5.54. The number of piperidine rings is 1. The van der Waals surface area contributed by atoms with Crippen molar-refractivity contribution in [3.05, 3.63) is 36.0 Å². The van der Waals surface area contributed by atoms with Crippen LogP contribution in [0.4, 0.5) is 4.39 Å². The molecule has 20 heavy (non-hydrogen) atoms. The van der Waals surface area contributed by atoms with Gasteiger partial charge in [0.2, 0.25) is 11.7 Å². The summed E-state index contributed by atoms with van der Waals surface area (Å²) < 4.78 is 18.8. The monoisotopic (exact) mass is 275 g/mol. The summed E-state index contributed by atoms with van der Waals surface area (Å²) in [7, 11) is 0. The van der Waals surface area contributed by atoms with Crippen LogP contribution in [0.5, 0.6) is 0 Å². The smallest absolute Gasteiger partial charge is 0.227 e. The Bertz CT molecular complexity index is 564. The normalized spacial score (nSPS) is 19.1. The van der Waals surface area contributed by atoms with Crippen LogP contribution in [-0.2, 0) is 6.42 Å². The molecule has 1 unspecified atom stereocenters. The van der Waals surface area contributed by atoms with E-state index >= 15 is 0 Å². The number of aromatic nitrogens is 2. The summed E-state index contributed by atoms with van der Waals surface area (Å²) >= 11 is 0. The van der Waals surface area contributed by atoms with Gasteiger partial charge in [-0.05, 0) is 37.9 Å². The maximum Gasteiger partial charge on any atom is 0.227 e. The molecule has 1 atom stereocenters. The van der Waals surface area contributed by atoms with E-state index in [0.717, 1.165) is 19.4 Å². The van der Waals surface area contributed by atoms with Crippen molar-refractivity contribution in [3.63, 3.8) is 0 Å². The molecule has 1 aromatic heterocycles. The van der Waals surface area contributed by atoms with Crippen molar-refractivity contribution in [1.82, 2.24) is 15.5 Å². The molecular weight excluding hydrogens is 257 g/mol. The van der Waals surface area contributed by atoms with Crippen molar-refractivity contribution in [2.75, 3.05) is 6.54 Å². The van der Waals surface area contributed by atoms with Crippen molar-refractivity contribution < 1.29 is 8.91 Å². The van der Waals surface area contributed by atoms with Crippen LogP contribution in [0.1, 0.15) is 31.6 Å². The molecule has 5 heteroatoms. The van der Waals surface area contributed by atoms with Crippen LogP contribution in [0, 0.1) is 5.82 Å². The molecule has 0 radical (unpaired) electrons. The predicted molar refractivity (Wildman–Crippen MR) is 73.7 cm³/mol. The zero-order valence-electron chi connectivity index (χ0n) is 11.3. The van der Waals surface area contributed by atoms with E-state index in [0.29, 0.717) is 23.3 Å². The van der Waals surface area contributed by atoms with Gasteiger partial charge in [-0.3, -0.25) is 0 Å². The Morgan fingerprint density at radius 3 is 3.00 bits per heavy atom. The van der Waals surface area contributed by atoms with Gasteiger partial charge in [-0.15, -0.1) is 0 Å². The minimum Gasteiger partial charge on any atom is -0.339 e. The van der Waals surface area contributed by atoms with Gasteiger partial charge < -0.3 is 9.84 Å². The van der Waals surface area contributed by atoms with Gasteiger partial charge in [0.15, 0.2) is 0 Å². The molecule has 0 bridgehead atoms. The first-order chi connectivity index (χ1) is 9.83. The largest absolute Gasteiger partial charge is 0.339 e. The number of benzene rings is 1. The van der Waals surface area contributed by atoms with Crippen LogP contribution in [0.25, 0.3) is 11.4 Å². The van der Waals surface area contributed by atoms with Crippen LogP contribution in [0.15, 0.2) is 28.8 Å². The van der Waals surface area contributed by atoms with Gasteiger partial charge in [-0.1, -0.05) is 23.7 Å². The third kappa shape index (κ3) is 3.04. The fourth-order valence-electron chi connectivity index (χ4n) is 2.58. The maximum atomic E-state index is 13.6. The summed E-state index contributed by atoms with van der Waals surface area (Å²) in [6.45, 7) is 1.09. The van der Waals surface area contributed by atoms with E-state index in [1.165, 1.54) is 25.3 Å². The van der Waals surface area contributed by atoms with E-state index in [2.05, 4.69) is 15.5 Å². The van der Waals surface area contributed by atoms with Gasteiger partial charge in [-0.25, -0.2) is 4.39 Å². The minimum absolute atomic E-state index is 0.325. The SMILES string of the molecule is Fc1ccccc1-c1noc(CCC2CCCCN2)n1. The molecule has 4 nitrogen and oxygen atoms in total. The van der Waals surface area contributed by atoms with Gasteiger partial charge in [0.05, 0.1) is 5.56 Å². The van der Waals surface area contributed by atoms with E-state index in [4.69, 9.17) is 4.52 Å². The molecule has 0 aliphatic carbocycles. The third-order valence-electron chi connectivity index (χ3n) is 3.70. The highest BCUT2D eigenvalue weighted by Crippen LogP contribution is 2.20. The van der Waals surface area contributed by atoms with Crippen LogP contribution in [0.3, 0.4) is 0 Å². The van der Waals surface area contributed by atoms with Crippen molar-refractivity contribution >= 4 is 0 Å². The number of rotatable bonds is 4. The number of hydrogen-bond acceptors (Lipinski definition) is 4. The molecule has 0 amide bonds. The molecule has 1 saturated heterocycles. The lowest BCUT2D eigenvalue weighted by molar-refractivity contribution is 0.342. The van der Waals surface area contributed by atoms with Crippen molar-refractivity contribution in [3.8, 4) is 11.4 Å². The van der Waals surface area contributed by atoms with Gasteiger partial charge in [-0.2, -0.15) is 4.98 Å². The first-order valence-corrected chi connectivity index (χ1v) is 7.14. The molecule has 2 heterocycles. The molecule has 0 spiro atoms. The molecule has 3 rings (SSSR count). The predicted octanol–water partition coefficient (Wildman–Crippen LogP) is 2.95. The summed E-state index contributed by atoms with van der Waals surface area (Å²) in [5, 5.41) is 7.35. The number of hydrogen-bond donors (Lipinski definition) is 1. The molecule has 0 saturated carbocycles. The quantitative estimate of drug-likeness (QED) is 0.932. The molecule has 1 aliphatic rings. The average molecular weight is 275 g/mol. The molecule has 1 aromatic carbocycles. The fraction of sp³-hybridized carbons (Fsp3) is 0.467. The Balaban J connectivity index is 1.63. The van der Waals surface area contributed by atoms with E-state index in [1.54, 1.807) is 18.2 Å². The summed E-state index contributed by atoms with van der Waals surface area (Å²) in [4.78, 5) is 4.28. The molecule has 106 valence electrons. The topological polar surface area (TPSA) is 51.0 Å². The Morgan fingerprint density at radius 1 is 1.30 bits per heavy atom. The van der Waals surface area contributed by atoms with Crippen LogP contribution < -0.4 is 5.32 Å². The van der Waals surface area contributed by atoms with Crippen molar-refractivity contribution in [2.24, 2.45) is 0 Å². The van der Waals surface area contributed by atoms with Gasteiger partial charge >= 0.3 is 0 Å². The maximum absolute atomic E-state index is 13.6. The Morgan fingerprint density at radius 2 is 2.20 bits per heavy atom. The standard InChI is InChI=1S/C15H18FN3O/c16-13-7-2-1-6-12(13)15-18-14(20-19-15)9-8-11-5-3-4-10-17-11/h1-2,6-7,11,17H,3-5,8-10H2. The highest BCUT2D eigenvalue weighted by atomic mass is 19.1. The molecule has 1 N–H and O–H groups in total. The van der Waals surface area contributed by atoms with Gasteiger partial charge in [0.25, 0.3) is 0 Å². The second kappa shape index (κ2) is 6.13. The van der Waals surface area contributed by atoms with E-state index in [1.807, 2.05) is 0 Å². The van der Waals surface area contributed by atoms with E-state index < -0.39 is 0 Å². The van der Waals surface area contributed by atoms with Crippen LogP contribution in [0.2, 0.25) is 0 Å². The number of aryl methyl sites for hydroxylation is 1. The summed E-state index contributed by atoms with van der Waals surface area (Å²) in [6.07, 6.45) is 5.46. The number of halogens is 1. The number of nitrogens with one attached hydrogen (secondary N) is 1. The van der Waals surface area contributed by atoms with Gasteiger partial charge in [0.1, 0.15) is 5.82 Å². The average Bonchev–Trinajstić information content (AvgIpc) is 2.95.